The smallest absolute Gasteiger partial charge is 0.326 e. The van der Waals surface area contributed by atoms with Crippen LogP contribution in [0.4, 0.5) is 10.1 Å². The number of carbonyl (C=O) groups excluding carboxylic acids is 1. The third-order valence-corrected chi connectivity index (χ3v) is 7.79. The van der Waals surface area contributed by atoms with Gasteiger partial charge in [-0.1, -0.05) is 13.8 Å². The zero-order valence-electron chi connectivity index (χ0n) is 18.1. The number of benzene rings is 1. The Labute approximate surface area is 183 Å². The van der Waals surface area contributed by atoms with Gasteiger partial charge in [0.15, 0.2) is 5.82 Å². The highest BCUT2D eigenvalue weighted by atomic mass is 32.2. The minimum atomic E-state index is -4.20. The predicted molar refractivity (Wildman–Crippen MR) is 116 cm³/mol. The molecule has 2 saturated heterocycles. The Kier molecular flexibility index (Phi) is 5.91. The SMILES string of the molecule is CC(C)(CN[C@@H]1CCc2cc(O)c(N3CC(=O)NS3(=O)=O)c(F)c2C1)CN1CCCC1. The first-order valence-electron chi connectivity index (χ1n) is 10.9. The fourth-order valence-corrected chi connectivity index (χ4v) is 6.08. The van der Waals surface area contributed by atoms with Crippen LogP contribution in [0.5, 0.6) is 5.75 Å². The summed E-state index contributed by atoms with van der Waals surface area (Å²) in [7, 11) is -4.20. The van der Waals surface area contributed by atoms with Gasteiger partial charge < -0.3 is 15.3 Å². The van der Waals surface area contributed by atoms with Crippen molar-refractivity contribution in [3.8, 4) is 5.75 Å². The van der Waals surface area contributed by atoms with E-state index in [1.807, 2.05) is 4.72 Å². The first-order chi connectivity index (χ1) is 14.6. The monoisotopic (exact) mass is 454 g/mol. The molecule has 0 saturated carbocycles. The maximum atomic E-state index is 15.4. The highest BCUT2D eigenvalue weighted by Gasteiger charge is 2.39. The van der Waals surface area contributed by atoms with Gasteiger partial charge in [-0.2, -0.15) is 8.42 Å². The number of likely N-dealkylation sites (tertiary alicyclic amines) is 1. The molecule has 1 aromatic carbocycles. The average Bonchev–Trinajstić information content (AvgIpc) is 3.27. The van der Waals surface area contributed by atoms with E-state index in [0.717, 1.165) is 32.6 Å². The molecule has 2 heterocycles. The summed E-state index contributed by atoms with van der Waals surface area (Å²) in [6.45, 7) is 8.03. The molecule has 0 unspecified atom stereocenters. The molecular formula is C21H31FN4O4S. The first kappa shape index (κ1) is 22.3. The topological polar surface area (TPSA) is 102 Å². The number of phenols is 1. The highest BCUT2D eigenvalue weighted by Crippen LogP contribution is 2.39. The highest BCUT2D eigenvalue weighted by molar-refractivity contribution is 7.92. The summed E-state index contributed by atoms with van der Waals surface area (Å²) in [6.07, 6.45) is 4.32. The maximum absolute atomic E-state index is 15.4. The standard InChI is InChI=1S/C21H31FN4O4S/c1-21(2,13-25-7-3-4-8-25)12-23-15-6-5-14-9-17(27)20(19(22)16(14)10-15)26-11-18(28)24-31(26,29)30/h9,15,23,27H,3-8,10-13H2,1-2H3,(H,24,28)/t15-/m1/s1. The first-order valence-corrected chi connectivity index (χ1v) is 12.3. The van der Waals surface area contributed by atoms with Crippen LogP contribution in [0, 0.1) is 11.2 Å². The number of anilines is 1. The number of halogens is 1. The van der Waals surface area contributed by atoms with Crippen LogP contribution in [0.2, 0.25) is 0 Å². The number of hydrogen-bond donors (Lipinski definition) is 3. The Morgan fingerprint density at radius 3 is 2.68 bits per heavy atom. The Morgan fingerprint density at radius 1 is 1.32 bits per heavy atom. The molecule has 0 bridgehead atoms. The van der Waals surface area contributed by atoms with Crippen LogP contribution in [0.3, 0.4) is 0 Å². The second-order valence-corrected chi connectivity index (χ2v) is 11.3. The minimum absolute atomic E-state index is 0.0622. The molecular weight excluding hydrogens is 423 g/mol. The van der Waals surface area contributed by atoms with E-state index < -0.39 is 39.9 Å². The van der Waals surface area contributed by atoms with E-state index in [1.165, 1.54) is 18.9 Å². The number of nitrogens with one attached hydrogen (secondary N) is 2. The van der Waals surface area contributed by atoms with Crippen molar-refractivity contribution in [2.75, 3.05) is 37.0 Å². The summed E-state index contributed by atoms with van der Waals surface area (Å²) in [5.74, 6) is -1.98. The predicted octanol–water partition coefficient (Wildman–Crippen LogP) is 1.28. The van der Waals surface area contributed by atoms with Gasteiger partial charge in [-0.3, -0.25) is 4.79 Å². The van der Waals surface area contributed by atoms with Gasteiger partial charge in [0.25, 0.3) is 5.91 Å². The van der Waals surface area contributed by atoms with Crippen molar-refractivity contribution in [3.63, 3.8) is 0 Å². The molecule has 4 rings (SSSR count). The van der Waals surface area contributed by atoms with Crippen molar-refractivity contribution in [1.82, 2.24) is 14.9 Å². The summed E-state index contributed by atoms with van der Waals surface area (Å²) >= 11 is 0. The zero-order valence-corrected chi connectivity index (χ0v) is 18.9. The molecule has 3 N–H and O–H groups in total. The lowest BCUT2D eigenvalue weighted by Crippen LogP contribution is -2.44. The van der Waals surface area contributed by atoms with Gasteiger partial charge in [0.05, 0.1) is 0 Å². The third-order valence-electron chi connectivity index (χ3n) is 6.42. The summed E-state index contributed by atoms with van der Waals surface area (Å²) in [4.78, 5) is 14.0. The van der Waals surface area contributed by atoms with Gasteiger partial charge in [-0.15, -0.1) is 0 Å². The van der Waals surface area contributed by atoms with Crippen molar-refractivity contribution in [2.24, 2.45) is 5.41 Å². The molecule has 0 aromatic heterocycles. The molecule has 31 heavy (non-hydrogen) atoms. The molecule has 0 radical (unpaired) electrons. The second kappa shape index (κ2) is 8.22. The molecule has 2 fully saturated rings. The molecule has 1 aliphatic carbocycles. The van der Waals surface area contributed by atoms with Gasteiger partial charge in [0, 0.05) is 19.1 Å². The number of rotatable bonds is 6. The number of phenolic OH excluding ortho intramolecular Hbond substituents is 1. The van der Waals surface area contributed by atoms with Gasteiger partial charge >= 0.3 is 10.2 Å². The number of fused-ring (bicyclic) bond motifs is 1. The number of aryl methyl sites for hydroxylation is 1. The second-order valence-electron chi connectivity index (χ2n) is 9.70. The normalized spacial score (nSPS) is 23.8. The number of carbonyl (C=O) groups is 1. The van der Waals surface area contributed by atoms with Gasteiger partial charge in [0.1, 0.15) is 18.0 Å². The lowest BCUT2D eigenvalue weighted by Gasteiger charge is -2.34. The van der Waals surface area contributed by atoms with E-state index in [0.29, 0.717) is 28.3 Å². The Hall–Kier alpha value is -1.91. The van der Waals surface area contributed by atoms with Crippen LogP contribution in [-0.2, 0) is 27.8 Å². The molecule has 8 nitrogen and oxygen atoms in total. The number of aromatic hydroxyl groups is 1. The fourth-order valence-electron chi connectivity index (χ4n) is 4.92. The van der Waals surface area contributed by atoms with Crippen LogP contribution >= 0.6 is 0 Å². The number of nitrogens with zero attached hydrogens (tertiary/aromatic N) is 2. The quantitative estimate of drug-likeness (QED) is 0.599. The molecule has 3 aliphatic rings. The van der Waals surface area contributed by atoms with E-state index in [-0.39, 0.29) is 11.5 Å². The van der Waals surface area contributed by atoms with Gasteiger partial charge in [0.2, 0.25) is 0 Å². The summed E-state index contributed by atoms with van der Waals surface area (Å²) in [5, 5.41) is 13.9. The molecule has 172 valence electrons. The van der Waals surface area contributed by atoms with Gasteiger partial charge in [-0.25, -0.2) is 13.4 Å². The fraction of sp³-hybridized carbons (Fsp3) is 0.667. The van der Waals surface area contributed by atoms with Crippen LogP contribution < -0.4 is 14.3 Å². The lowest BCUT2D eigenvalue weighted by atomic mass is 9.85. The Morgan fingerprint density at radius 2 is 2.03 bits per heavy atom. The van der Waals surface area contributed by atoms with Crippen LogP contribution in [0.25, 0.3) is 0 Å². The number of amides is 1. The summed E-state index contributed by atoms with van der Waals surface area (Å²) < 4.78 is 42.2. The molecule has 1 amide bonds. The van der Waals surface area contributed by atoms with E-state index >= 15 is 4.39 Å². The maximum Gasteiger partial charge on any atom is 0.326 e. The Balaban J connectivity index is 1.49. The minimum Gasteiger partial charge on any atom is -0.506 e. The van der Waals surface area contributed by atoms with Crippen molar-refractivity contribution >= 4 is 21.8 Å². The summed E-state index contributed by atoms with van der Waals surface area (Å²) in [6, 6.07) is 1.49. The van der Waals surface area contributed by atoms with Crippen LogP contribution in [-0.4, -0.2) is 63.1 Å². The van der Waals surface area contributed by atoms with E-state index in [2.05, 4.69) is 24.1 Å². The van der Waals surface area contributed by atoms with E-state index in [9.17, 15) is 18.3 Å². The molecule has 0 spiro atoms. The largest absolute Gasteiger partial charge is 0.506 e. The summed E-state index contributed by atoms with van der Waals surface area (Å²) in [5.41, 5.74) is 0.721. The Bertz CT molecular complexity index is 976. The lowest BCUT2D eigenvalue weighted by molar-refractivity contribution is -0.117. The molecule has 2 aliphatic heterocycles. The van der Waals surface area contributed by atoms with Gasteiger partial charge in [-0.05, 0) is 67.8 Å². The molecule has 10 heteroatoms. The van der Waals surface area contributed by atoms with E-state index in [4.69, 9.17) is 0 Å². The van der Waals surface area contributed by atoms with Crippen molar-refractivity contribution in [3.05, 3.63) is 23.0 Å². The van der Waals surface area contributed by atoms with Crippen LogP contribution in [0.15, 0.2) is 6.07 Å². The van der Waals surface area contributed by atoms with Crippen molar-refractivity contribution < 1.29 is 22.7 Å². The zero-order chi connectivity index (χ0) is 22.4. The molecule has 1 atom stereocenters. The number of hydrogen-bond acceptors (Lipinski definition) is 6. The third kappa shape index (κ3) is 4.65. The van der Waals surface area contributed by atoms with Crippen molar-refractivity contribution in [1.29, 1.82) is 0 Å². The van der Waals surface area contributed by atoms with Crippen LogP contribution in [0.1, 0.15) is 44.2 Å². The average molecular weight is 455 g/mol. The molecule has 1 aromatic rings. The van der Waals surface area contributed by atoms with Crippen molar-refractivity contribution in [2.45, 2.75) is 52.0 Å². The van der Waals surface area contributed by atoms with E-state index in [1.54, 1.807) is 0 Å².